The molecule has 0 bridgehead atoms. The third-order valence-corrected chi connectivity index (χ3v) is 1.75. The zero-order valence-corrected chi connectivity index (χ0v) is 8.03. The third-order valence-electron chi connectivity index (χ3n) is 1.75. The molecular formula is C10H14N2O2. The first-order valence-electron chi connectivity index (χ1n) is 4.41. The van der Waals surface area contributed by atoms with Crippen molar-refractivity contribution in [1.29, 1.82) is 0 Å². The second-order valence-electron chi connectivity index (χ2n) is 3.17. The van der Waals surface area contributed by atoms with Gasteiger partial charge in [-0.25, -0.2) is 0 Å². The highest BCUT2D eigenvalue weighted by Crippen LogP contribution is 2.09. The third kappa shape index (κ3) is 3.06. The molecule has 0 aliphatic rings. The number of aliphatic hydroxyl groups excluding tert-OH is 1. The molecule has 0 aromatic heterocycles. The largest absolute Gasteiger partial charge is 0.392 e. The maximum Gasteiger partial charge on any atom is 0.248 e. The second-order valence-corrected chi connectivity index (χ2v) is 3.17. The Morgan fingerprint density at radius 3 is 2.93 bits per heavy atom. The normalized spacial score (nSPS) is 12.1. The molecule has 0 unspecified atom stereocenters. The SMILES string of the molecule is C[C@@H](O)CNc1cccc(C(N)=O)c1. The van der Waals surface area contributed by atoms with E-state index in [0.29, 0.717) is 12.1 Å². The molecule has 0 aliphatic carbocycles. The van der Waals surface area contributed by atoms with Gasteiger partial charge in [0.1, 0.15) is 0 Å². The van der Waals surface area contributed by atoms with Crippen LogP contribution in [0.1, 0.15) is 17.3 Å². The van der Waals surface area contributed by atoms with E-state index in [1.807, 2.05) is 6.07 Å². The standard InChI is InChI=1S/C10H14N2O2/c1-7(13)6-12-9-4-2-3-8(5-9)10(11)14/h2-5,7,12-13H,6H2,1H3,(H2,11,14)/t7-/m1/s1. The molecule has 0 spiro atoms. The van der Waals surface area contributed by atoms with E-state index < -0.39 is 12.0 Å². The van der Waals surface area contributed by atoms with Crippen LogP contribution in [0.3, 0.4) is 0 Å². The lowest BCUT2D eigenvalue weighted by Gasteiger charge is -2.08. The van der Waals surface area contributed by atoms with E-state index in [1.54, 1.807) is 25.1 Å². The molecule has 4 heteroatoms. The number of carbonyl (C=O) groups excluding carboxylic acids is 1. The Morgan fingerprint density at radius 2 is 2.36 bits per heavy atom. The minimum absolute atomic E-state index is 0.424. The first-order chi connectivity index (χ1) is 6.59. The predicted octanol–water partition coefficient (Wildman–Crippen LogP) is 0.578. The minimum Gasteiger partial charge on any atom is -0.392 e. The van der Waals surface area contributed by atoms with Crippen LogP contribution in [0, 0.1) is 0 Å². The highest BCUT2D eigenvalue weighted by atomic mass is 16.3. The Labute approximate surface area is 82.7 Å². The molecule has 4 nitrogen and oxygen atoms in total. The number of rotatable bonds is 4. The van der Waals surface area contributed by atoms with E-state index in [0.717, 1.165) is 5.69 Å². The van der Waals surface area contributed by atoms with Crippen LogP contribution in [-0.4, -0.2) is 23.7 Å². The van der Waals surface area contributed by atoms with Gasteiger partial charge in [-0.3, -0.25) is 4.79 Å². The molecule has 0 heterocycles. The van der Waals surface area contributed by atoms with Crippen LogP contribution in [0.15, 0.2) is 24.3 Å². The van der Waals surface area contributed by atoms with Crippen LogP contribution in [0.25, 0.3) is 0 Å². The molecule has 0 radical (unpaired) electrons. The topological polar surface area (TPSA) is 75.3 Å². The molecule has 0 saturated heterocycles. The lowest BCUT2D eigenvalue weighted by Crippen LogP contribution is -2.16. The predicted molar refractivity (Wildman–Crippen MR) is 55.1 cm³/mol. The number of nitrogens with two attached hydrogens (primary N) is 1. The lowest BCUT2D eigenvalue weighted by atomic mass is 10.2. The summed E-state index contributed by atoms with van der Waals surface area (Å²) in [5.74, 6) is -0.453. The van der Waals surface area contributed by atoms with Gasteiger partial charge in [-0.1, -0.05) is 6.07 Å². The number of nitrogens with one attached hydrogen (secondary N) is 1. The molecule has 1 amide bonds. The summed E-state index contributed by atoms with van der Waals surface area (Å²) in [6.45, 7) is 2.13. The first-order valence-corrected chi connectivity index (χ1v) is 4.41. The Hall–Kier alpha value is -1.55. The molecule has 1 aromatic rings. The summed E-state index contributed by atoms with van der Waals surface area (Å²) in [7, 11) is 0. The summed E-state index contributed by atoms with van der Waals surface area (Å²) in [6.07, 6.45) is -0.424. The van der Waals surface area contributed by atoms with E-state index >= 15 is 0 Å². The fraction of sp³-hybridized carbons (Fsp3) is 0.300. The summed E-state index contributed by atoms with van der Waals surface area (Å²) in [5, 5.41) is 12.0. The van der Waals surface area contributed by atoms with Gasteiger partial charge in [-0.2, -0.15) is 0 Å². The minimum atomic E-state index is -0.453. The fourth-order valence-electron chi connectivity index (χ4n) is 1.05. The highest BCUT2D eigenvalue weighted by molar-refractivity contribution is 5.93. The molecule has 1 aromatic carbocycles. The van der Waals surface area contributed by atoms with E-state index in [4.69, 9.17) is 10.8 Å². The molecule has 1 atom stereocenters. The van der Waals surface area contributed by atoms with Gasteiger partial charge in [0.15, 0.2) is 0 Å². The van der Waals surface area contributed by atoms with Crippen molar-refractivity contribution >= 4 is 11.6 Å². The van der Waals surface area contributed by atoms with E-state index in [9.17, 15) is 4.79 Å². The molecule has 4 N–H and O–H groups in total. The number of anilines is 1. The van der Waals surface area contributed by atoms with Gasteiger partial charge in [0, 0.05) is 17.8 Å². The van der Waals surface area contributed by atoms with Crippen LogP contribution >= 0.6 is 0 Å². The van der Waals surface area contributed by atoms with Crippen LogP contribution in [0.2, 0.25) is 0 Å². The Bertz CT molecular complexity index is 324. The Morgan fingerprint density at radius 1 is 1.64 bits per heavy atom. The van der Waals surface area contributed by atoms with E-state index in [-0.39, 0.29) is 0 Å². The fourth-order valence-corrected chi connectivity index (χ4v) is 1.05. The summed E-state index contributed by atoms with van der Waals surface area (Å²) in [4.78, 5) is 10.8. The number of aliphatic hydroxyl groups is 1. The summed E-state index contributed by atoms with van der Waals surface area (Å²) in [5.41, 5.74) is 6.36. The monoisotopic (exact) mass is 194 g/mol. The van der Waals surface area contributed by atoms with Gasteiger partial charge in [0.2, 0.25) is 5.91 Å². The van der Waals surface area contributed by atoms with E-state index in [1.165, 1.54) is 0 Å². The average Bonchev–Trinajstić information content (AvgIpc) is 2.15. The van der Waals surface area contributed by atoms with Crippen molar-refractivity contribution in [3.05, 3.63) is 29.8 Å². The average molecular weight is 194 g/mol. The molecule has 76 valence electrons. The summed E-state index contributed by atoms with van der Waals surface area (Å²) in [6, 6.07) is 6.86. The smallest absolute Gasteiger partial charge is 0.248 e. The van der Waals surface area contributed by atoms with Crippen molar-refractivity contribution in [3.8, 4) is 0 Å². The maximum absolute atomic E-state index is 10.8. The molecule has 1 rings (SSSR count). The first kappa shape index (κ1) is 10.5. The number of hydrogen-bond donors (Lipinski definition) is 3. The van der Waals surface area contributed by atoms with Crippen molar-refractivity contribution < 1.29 is 9.90 Å². The molecule has 0 fully saturated rings. The second kappa shape index (κ2) is 4.62. The van der Waals surface area contributed by atoms with Crippen LogP contribution in [-0.2, 0) is 0 Å². The number of amides is 1. The Balaban J connectivity index is 2.69. The summed E-state index contributed by atoms with van der Waals surface area (Å²) >= 11 is 0. The van der Waals surface area contributed by atoms with Gasteiger partial charge in [0.05, 0.1) is 6.10 Å². The number of benzene rings is 1. The van der Waals surface area contributed by atoms with Crippen molar-refractivity contribution in [2.45, 2.75) is 13.0 Å². The van der Waals surface area contributed by atoms with Crippen LogP contribution < -0.4 is 11.1 Å². The maximum atomic E-state index is 10.8. The summed E-state index contributed by atoms with van der Waals surface area (Å²) < 4.78 is 0. The molecule has 0 saturated carbocycles. The number of primary amides is 1. The zero-order chi connectivity index (χ0) is 10.6. The molecule has 14 heavy (non-hydrogen) atoms. The zero-order valence-electron chi connectivity index (χ0n) is 8.03. The van der Waals surface area contributed by atoms with Crippen molar-refractivity contribution in [2.24, 2.45) is 5.73 Å². The highest BCUT2D eigenvalue weighted by Gasteiger charge is 2.01. The van der Waals surface area contributed by atoms with Gasteiger partial charge < -0.3 is 16.2 Å². The number of carbonyl (C=O) groups is 1. The molecule has 0 aliphatic heterocycles. The van der Waals surface area contributed by atoms with Gasteiger partial charge in [0.25, 0.3) is 0 Å². The lowest BCUT2D eigenvalue weighted by molar-refractivity contribution is 0.100. The van der Waals surface area contributed by atoms with Crippen LogP contribution in [0.5, 0.6) is 0 Å². The number of hydrogen-bond acceptors (Lipinski definition) is 3. The van der Waals surface area contributed by atoms with Gasteiger partial charge in [-0.15, -0.1) is 0 Å². The van der Waals surface area contributed by atoms with E-state index in [2.05, 4.69) is 5.32 Å². The van der Waals surface area contributed by atoms with Crippen molar-refractivity contribution in [3.63, 3.8) is 0 Å². The van der Waals surface area contributed by atoms with Crippen LogP contribution in [0.4, 0.5) is 5.69 Å². The quantitative estimate of drug-likeness (QED) is 0.656. The van der Waals surface area contributed by atoms with Crippen molar-refractivity contribution in [2.75, 3.05) is 11.9 Å². The van der Waals surface area contributed by atoms with Crippen molar-refractivity contribution in [1.82, 2.24) is 0 Å². The van der Waals surface area contributed by atoms with Gasteiger partial charge in [-0.05, 0) is 25.1 Å². The molecular weight excluding hydrogens is 180 g/mol. The Kier molecular flexibility index (Phi) is 3.48. The van der Waals surface area contributed by atoms with Gasteiger partial charge >= 0.3 is 0 Å².